The van der Waals surface area contributed by atoms with Crippen LogP contribution in [0.25, 0.3) is 0 Å². The van der Waals surface area contributed by atoms with E-state index in [1.165, 1.54) is 0 Å². The van der Waals surface area contributed by atoms with Gasteiger partial charge in [-0.05, 0) is 46.5 Å². The minimum Gasteiger partial charge on any atom is -0.452 e. The number of carbonyl (C=O) groups excluding carboxylic acids is 3. The number of carbonyl (C=O) groups is 3. The van der Waals surface area contributed by atoms with E-state index >= 15 is 0 Å². The third-order valence-corrected chi connectivity index (χ3v) is 9.67. The Labute approximate surface area is 330 Å². The van der Waals surface area contributed by atoms with Crippen molar-refractivity contribution in [1.82, 2.24) is 5.32 Å². The molecule has 6 aromatic rings. The highest BCUT2D eigenvalue weighted by Crippen LogP contribution is 2.41. The quantitative estimate of drug-likeness (QED) is 0.0700. The molecule has 6 aromatic carbocycles. The molecule has 0 bridgehead atoms. The molecule has 0 aromatic heterocycles. The van der Waals surface area contributed by atoms with E-state index in [0.29, 0.717) is 0 Å². The molecule has 1 fully saturated rings. The van der Waals surface area contributed by atoms with Gasteiger partial charge in [-0.3, -0.25) is 0 Å². The zero-order chi connectivity index (χ0) is 39.5. The Balaban J connectivity index is 1.27. The minimum absolute atomic E-state index is 0.0752. The first-order valence-electron chi connectivity index (χ1n) is 18.6. The van der Waals surface area contributed by atoms with Crippen molar-refractivity contribution in [2.45, 2.75) is 42.9 Å². The Morgan fingerprint density at radius 2 is 0.965 bits per heavy atom. The third-order valence-electron chi connectivity index (χ3n) is 9.67. The number of benzene rings is 6. The van der Waals surface area contributed by atoms with E-state index in [4.69, 9.17) is 23.7 Å². The maximum Gasteiger partial charge on any atom is 0.407 e. The Morgan fingerprint density at radius 1 is 0.561 bits per heavy atom. The van der Waals surface area contributed by atoms with Gasteiger partial charge in [0.1, 0.15) is 24.4 Å². The van der Waals surface area contributed by atoms with Gasteiger partial charge in [0.05, 0.1) is 17.7 Å². The van der Waals surface area contributed by atoms with Crippen LogP contribution < -0.4 is 5.32 Å². The van der Waals surface area contributed by atoms with Crippen LogP contribution in [-0.4, -0.2) is 60.4 Å². The second-order valence-corrected chi connectivity index (χ2v) is 13.4. The van der Waals surface area contributed by atoms with E-state index in [1.54, 1.807) is 72.8 Å². The Hall–Kier alpha value is -6.59. The molecule has 5 atom stereocenters. The van der Waals surface area contributed by atoms with E-state index in [2.05, 4.69) is 5.32 Å². The summed E-state index contributed by atoms with van der Waals surface area (Å²) in [6.45, 7) is -0.360. The molecule has 1 aliphatic rings. The zero-order valence-corrected chi connectivity index (χ0v) is 30.8. The van der Waals surface area contributed by atoms with Crippen molar-refractivity contribution < 1.29 is 43.2 Å². The average Bonchev–Trinajstić information content (AvgIpc) is 3.27. The summed E-state index contributed by atoms with van der Waals surface area (Å²) in [5.41, 5.74) is 2.30. The average molecular weight is 764 g/mol. The number of hydrogen-bond acceptors (Lipinski definition) is 9. The van der Waals surface area contributed by atoms with Gasteiger partial charge in [0.15, 0.2) is 18.5 Å². The number of rotatable bonds is 13. The van der Waals surface area contributed by atoms with Crippen molar-refractivity contribution in [1.29, 1.82) is 0 Å². The van der Waals surface area contributed by atoms with Gasteiger partial charge in [0.25, 0.3) is 0 Å². The lowest BCUT2D eigenvalue weighted by atomic mass is 9.80. The van der Waals surface area contributed by atoms with Crippen LogP contribution in [0.4, 0.5) is 4.79 Å². The minimum atomic E-state index is -1.78. The molecule has 0 radical (unpaired) electrons. The lowest BCUT2D eigenvalue weighted by Crippen LogP contribution is -2.66. The topological polar surface area (TPSA) is 130 Å². The van der Waals surface area contributed by atoms with Crippen molar-refractivity contribution in [3.05, 3.63) is 215 Å². The van der Waals surface area contributed by atoms with E-state index in [9.17, 15) is 19.5 Å². The lowest BCUT2D eigenvalue weighted by molar-refractivity contribution is -0.259. The SMILES string of the molecule is O=C(N[C@@H]1[C@@H](OC(=O)c2ccccc2)[C@H](OC(=O)c2ccccc2)[C@@H](COC(c2ccccc2)(c2ccccc2)c2ccccc2)O[C@@H]1O)OCc1ccccc1. The van der Waals surface area contributed by atoms with E-state index < -0.39 is 54.3 Å². The number of esters is 2. The molecule has 1 amide bonds. The molecule has 10 heteroatoms. The van der Waals surface area contributed by atoms with Gasteiger partial charge in [-0.2, -0.15) is 0 Å². The Bertz CT molecular complexity index is 2090. The maximum atomic E-state index is 13.9. The number of ether oxygens (including phenoxy) is 5. The van der Waals surface area contributed by atoms with Gasteiger partial charge in [0.2, 0.25) is 0 Å². The third kappa shape index (κ3) is 9.11. The summed E-state index contributed by atoms with van der Waals surface area (Å²) in [4.78, 5) is 41.0. The van der Waals surface area contributed by atoms with Crippen LogP contribution in [0.1, 0.15) is 43.0 Å². The van der Waals surface area contributed by atoms with Crippen LogP contribution in [0.3, 0.4) is 0 Å². The highest BCUT2D eigenvalue weighted by molar-refractivity contribution is 5.90. The predicted molar refractivity (Wildman–Crippen MR) is 211 cm³/mol. The van der Waals surface area contributed by atoms with Crippen molar-refractivity contribution in [3.8, 4) is 0 Å². The van der Waals surface area contributed by atoms with Crippen LogP contribution in [-0.2, 0) is 35.9 Å². The molecule has 0 saturated carbocycles. The second kappa shape index (κ2) is 18.4. The molecule has 2 N–H and O–H groups in total. The molecule has 57 heavy (non-hydrogen) atoms. The van der Waals surface area contributed by atoms with Crippen LogP contribution in [0.2, 0.25) is 0 Å². The number of amides is 1. The van der Waals surface area contributed by atoms with E-state index in [-0.39, 0.29) is 24.3 Å². The van der Waals surface area contributed by atoms with E-state index in [1.807, 2.05) is 109 Å². The molecule has 1 aliphatic heterocycles. The van der Waals surface area contributed by atoms with Gasteiger partial charge < -0.3 is 34.1 Å². The smallest absolute Gasteiger partial charge is 0.407 e. The van der Waals surface area contributed by atoms with Gasteiger partial charge in [-0.25, -0.2) is 14.4 Å². The van der Waals surface area contributed by atoms with Crippen molar-refractivity contribution in [2.24, 2.45) is 0 Å². The maximum absolute atomic E-state index is 13.9. The van der Waals surface area contributed by atoms with Crippen molar-refractivity contribution in [2.75, 3.05) is 6.61 Å². The summed E-state index contributed by atoms with van der Waals surface area (Å²) in [5, 5.41) is 14.3. The molecule has 0 aliphatic carbocycles. The molecule has 7 rings (SSSR count). The first-order valence-corrected chi connectivity index (χ1v) is 18.6. The second-order valence-electron chi connectivity index (χ2n) is 13.4. The van der Waals surface area contributed by atoms with Gasteiger partial charge in [-0.15, -0.1) is 0 Å². The fraction of sp³-hybridized carbons (Fsp3) is 0.170. The monoisotopic (exact) mass is 763 g/mol. The normalized spacial score (nSPS) is 19.1. The van der Waals surface area contributed by atoms with Crippen LogP contribution in [0.15, 0.2) is 182 Å². The van der Waals surface area contributed by atoms with Gasteiger partial charge >= 0.3 is 18.0 Å². The van der Waals surface area contributed by atoms with Gasteiger partial charge in [-0.1, -0.05) is 158 Å². The largest absolute Gasteiger partial charge is 0.452 e. The predicted octanol–water partition coefficient (Wildman–Crippen LogP) is 7.46. The highest BCUT2D eigenvalue weighted by Gasteiger charge is 2.52. The highest BCUT2D eigenvalue weighted by atomic mass is 16.7. The fourth-order valence-corrected chi connectivity index (χ4v) is 6.90. The number of aliphatic hydroxyl groups excluding tert-OH is 1. The molecule has 0 unspecified atom stereocenters. The number of nitrogens with one attached hydrogen (secondary N) is 1. The molecule has 10 nitrogen and oxygen atoms in total. The number of aliphatic hydroxyl groups is 1. The summed E-state index contributed by atoms with van der Waals surface area (Å²) in [7, 11) is 0. The molecule has 1 heterocycles. The van der Waals surface area contributed by atoms with Crippen molar-refractivity contribution >= 4 is 18.0 Å². The lowest BCUT2D eigenvalue weighted by Gasteiger charge is -2.45. The van der Waals surface area contributed by atoms with Gasteiger partial charge in [0, 0.05) is 0 Å². The standard InChI is InChI=1S/C47H41NO9/c49-43(34-21-9-2-10-22-34)56-41-39(32-54-47(36-25-13-4-14-26-36,37-27-15-5-16-28-37)38-29-17-6-18-30-38)55-45(51)40(42(41)57-44(50)35-23-11-3-12-24-35)48-46(52)53-31-33-19-7-1-8-20-33/h1-30,39-42,45,51H,31-32H2,(H,48,52)/t39-,40-,41-,42-,45+/m1/s1. The summed E-state index contributed by atoms with van der Waals surface area (Å²) in [6.07, 6.45) is -6.86. The summed E-state index contributed by atoms with van der Waals surface area (Å²) in [6, 6.07) is 53.0. The first-order chi connectivity index (χ1) is 27.9. The Kier molecular flexibility index (Phi) is 12.5. The zero-order valence-electron chi connectivity index (χ0n) is 30.8. The summed E-state index contributed by atoms with van der Waals surface area (Å²) < 4.78 is 31.1. The first kappa shape index (κ1) is 38.7. The summed E-state index contributed by atoms with van der Waals surface area (Å²) >= 11 is 0. The molecular formula is C47H41NO9. The Morgan fingerprint density at radius 3 is 1.42 bits per heavy atom. The van der Waals surface area contributed by atoms with E-state index in [0.717, 1.165) is 22.3 Å². The molecule has 0 spiro atoms. The van der Waals surface area contributed by atoms with Crippen LogP contribution in [0.5, 0.6) is 0 Å². The fourth-order valence-electron chi connectivity index (χ4n) is 6.90. The molecule has 1 saturated heterocycles. The van der Waals surface area contributed by atoms with Crippen LogP contribution in [0, 0.1) is 0 Å². The number of hydrogen-bond donors (Lipinski definition) is 2. The van der Waals surface area contributed by atoms with Crippen LogP contribution >= 0.6 is 0 Å². The van der Waals surface area contributed by atoms with Crippen molar-refractivity contribution in [3.63, 3.8) is 0 Å². The molecule has 288 valence electrons. The molecular weight excluding hydrogens is 723 g/mol. The summed E-state index contributed by atoms with van der Waals surface area (Å²) in [5.74, 6) is -1.54. The number of alkyl carbamates (subject to hydrolysis) is 1.